The number of nitrogens with zero attached hydrogens (tertiary/aromatic N) is 2. The van der Waals surface area contributed by atoms with Gasteiger partial charge in [-0.2, -0.15) is 10.2 Å². The van der Waals surface area contributed by atoms with Crippen molar-refractivity contribution in [2.24, 2.45) is 0 Å². The molecule has 0 atom stereocenters. The van der Waals surface area contributed by atoms with Crippen molar-refractivity contribution in [1.82, 2.24) is 4.98 Å². The summed E-state index contributed by atoms with van der Waals surface area (Å²) in [6.07, 6.45) is 0.372. The molecule has 0 aliphatic rings. The molecule has 0 saturated heterocycles. The largest absolute Gasteiger partial charge is 0.424 e. The minimum atomic E-state index is 0.157. The van der Waals surface area contributed by atoms with Crippen LogP contribution in [0.4, 0.5) is 6.01 Å². The highest BCUT2D eigenvalue weighted by Crippen LogP contribution is 2.18. The Balaban J connectivity index is 2.56. The van der Waals surface area contributed by atoms with Gasteiger partial charge in [-0.1, -0.05) is 6.07 Å². The summed E-state index contributed by atoms with van der Waals surface area (Å²) in [5.74, 6) is 0. The molecule has 64 valence electrons. The van der Waals surface area contributed by atoms with Gasteiger partial charge < -0.3 is 10.2 Å². The van der Waals surface area contributed by atoms with Gasteiger partial charge in [-0.25, -0.2) is 0 Å². The maximum atomic E-state index is 8.48. The van der Waals surface area contributed by atoms with E-state index in [-0.39, 0.29) is 6.01 Å². The molecular formula is C9H7N3O. The molecule has 1 aromatic carbocycles. The summed E-state index contributed by atoms with van der Waals surface area (Å²) >= 11 is 0. The Morgan fingerprint density at radius 1 is 1.54 bits per heavy atom. The molecule has 1 heterocycles. The lowest BCUT2D eigenvalue weighted by Gasteiger charge is -1.91. The average molecular weight is 173 g/mol. The minimum Gasteiger partial charge on any atom is -0.424 e. The Morgan fingerprint density at radius 3 is 3.15 bits per heavy atom. The van der Waals surface area contributed by atoms with Gasteiger partial charge in [-0.05, 0) is 17.7 Å². The quantitative estimate of drug-likeness (QED) is 0.708. The fourth-order valence-corrected chi connectivity index (χ4v) is 1.19. The number of nitriles is 1. The van der Waals surface area contributed by atoms with Crippen molar-refractivity contribution in [1.29, 1.82) is 5.26 Å². The van der Waals surface area contributed by atoms with E-state index in [4.69, 9.17) is 15.4 Å². The second-order valence-corrected chi connectivity index (χ2v) is 2.69. The van der Waals surface area contributed by atoms with Gasteiger partial charge in [0.15, 0.2) is 5.58 Å². The number of fused-ring (bicyclic) bond motifs is 1. The summed E-state index contributed by atoms with van der Waals surface area (Å²) in [6, 6.07) is 7.63. The number of hydrogen-bond acceptors (Lipinski definition) is 4. The Labute approximate surface area is 74.6 Å². The zero-order valence-electron chi connectivity index (χ0n) is 6.82. The number of aromatic nitrogens is 1. The fourth-order valence-electron chi connectivity index (χ4n) is 1.19. The van der Waals surface area contributed by atoms with Gasteiger partial charge in [0, 0.05) is 0 Å². The molecule has 1 aromatic heterocycles. The van der Waals surface area contributed by atoms with Crippen LogP contribution in [0.15, 0.2) is 22.6 Å². The summed E-state index contributed by atoms with van der Waals surface area (Å²) in [6.45, 7) is 0. The Bertz CT molecular complexity index is 481. The first-order valence-corrected chi connectivity index (χ1v) is 3.81. The molecule has 0 aliphatic carbocycles. The second kappa shape index (κ2) is 2.79. The molecule has 0 spiro atoms. The van der Waals surface area contributed by atoms with Crippen LogP contribution in [0.1, 0.15) is 5.56 Å². The second-order valence-electron chi connectivity index (χ2n) is 2.69. The summed E-state index contributed by atoms with van der Waals surface area (Å²) in [4.78, 5) is 3.94. The topological polar surface area (TPSA) is 75.8 Å². The van der Waals surface area contributed by atoms with Crippen LogP contribution < -0.4 is 5.73 Å². The number of hydrogen-bond donors (Lipinski definition) is 1. The number of oxazole rings is 1. The molecular weight excluding hydrogens is 166 g/mol. The van der Waals surface area contributed by atoms with Crippen LogP contribution >= 0.6 is 0 Å². The van der Waals surface area contributed by atoms with Gasteiger partial charge in [-0.15, -0.1) is 0 Å². The van der Waals surface area contributed by atoms with Crippen molar-refractivity contribution in [3.05, 3.63) is 23.8 Å². The molecule has 2 aromatic rings. The number of nitrogen functional groups attached to an aromatic ring is 1. The van der Waals surface area contributed by atoms with E-state index in [9.17, 15) is 0 Å². The van der Waals surface area contributed by atoms with Crippen LogP contribution in [0.2, 0.25) is 0 Å². The van der Waals surface area contributed by atoms with Gasteiger partial charge in [0.25, 0.3) is 6.01 Å². The highest BCUT2D eigenvalue weighted by molar-refractivity contribution is 5.74. The van der Waals surface area contributed by atoms with Crippen LogP contribution in [0.3, 0.4) is 0 Å². The first kappa shape index (κ1) is 7.62. The average Bonchev–Trinajstić information content (AvgIpc) is 2.44. The Kier molecular flexibility index (Phi) is 1.64. The van der Waals surface area contributed by atoms with Gasteiger partial charge >= 0.3 is 0 Å². The molecule has 0 radical (unpaired) electrons. The number of nitrogens with two attached hydrogens (primary N) is 1. The zero-order chi connectivity index (χ0) is 9.26. The predicted molar refractivity (Wildman–Crippen MR) is 47.7 cm³/mol. The lowest BCUT2D eigenvalue weighted by molar-refractivity contribution is 0.626. The third kappa shape index (κ3) is 1.32. The zero-order valence-corrected chi connectivity index (χ0v) is 6.82. The Morgan fingerprint density at radius 2 is 2.38 bits per heavy atom. The van der Waals surface area contributed by atoms with Crippen LogP contribution in [0.5, 0.6) is 0 Å². The van der Waals surface area contributed by atoms with E-state index >= 15 is 0 Å². The summed E-state index contributed by atoms with van der Waals surface area (Å²) < 4.78 is 5.11. The van der Waals surface area contributed by atoms with Gasteiger partial charge in [-0.3, -0.25) is 0 Å². The van der Waals surface area contributed by atoms with Crippen molar-refractivity contribution in [2.75, 3.05) is 5.73 Å². The molecule has 0 aliphatic heterocycles. The van der Waals surface area contributed by atoms with Crippen LogP contribution in [0.25, 0.3) is 11.1 Å². The monoisotopic (exact) mass is 173 g/mol. The van der Waals surface area contributed by atoms with E-state index in [1.165, 1.54) is 0 Å². The van der Waals surface area contributed by atoms with Gasteiger partial charge in [0.2, 0.25) is 0 Å². The summed E-state index contributed by atoms with van der Waals surface area (Å²) in [7, 11) is 0. The molecule has 4 heteroatoms. The molecule has 0 bridgehead atoms. The lowest BCUT2D eigenvalue weighted by Crippen LogP contribution is -1.80. The first-order valence-electron chi connectivity index (χ1n) is 3.81. The molecule has 0 fully saturated rings. The SMILES string of the molecule is N#CCc1ccc2nc(N)oc2c1. The number of rotatable bonds is 1. The maximum absolute atomic E-state index is 8.48. The van der Waals surface area contributed by atoms with E-state index in [0.29, 0.717) is 12.0 Å². The third-order valence-electron chi connectivity index (χ3n) is 1.75. The number of benzene rings is 1. The highest BCUT2D eigenvalue weighted by atomic mass is 16.4. The van der Waals surface area contributed by atoms with Gasteiger partial charge in [0.05, 0.1) is 12.5 Å². The predicted octanol–water partition coefficient (Wildman–Crippen LogP) is 1.48. The van der Waals surface area contributed by atoms with Gasteiger partial charge in [0.1, 0.15) is 5.52 Å². The molecule has 0 unspecified atom stereocenters. The van der Waals surface area contributed by atoms with E-state index < -0.39 is 0 Å². The van der Waals surface area contributed by atoms with Crippen LogP contribution in [0, 0.1) is 11.3 Å². The standard InChI is InChI=1S/C9H7N3O/c10-4-3-6-1-2-7-8(5-6)13-9(11)12-7/h1-2,5H,3H2,(H2,11,12). The molecule has 13 heavy (non-hydrogen) atoms. The van der Waals surface area contributed by atoms with E-state index in [0.717, 1.165) is 11.1 Å². The molecule has 4 nitrogen and oxygen atoms in total. The maximum Gasteiger partial charge on any atom is 0.292 e. The molecule has 0 saturated carbocycles. The van der Waals surface area contributed by atoms with Crippen molar-refractivity contribution in [2.45, 2.75) is 6.42 Å². The first-order chi connectivity index (χ1) is 6.29. The fraction of sp³-hybridized carbons (Fsp3) is 0.111. The van der Waals surface area contributed by atoms with Crippen LogP contribution in [-0.4, -0.2) is 4.98 Å². The lowest BCUT2D eigenvalue weighted by atomic mass is 10.1. The third-order valence-corrected chi connectivity index (χ3v) is 1.75. The van der Waals surface area contributed by atoms with Crippen molar-refractivity contribution >= 4 is 17.1 Å². The summed E-state index contributed by atoms with van der Waals surface area (Å²) in [5, 5.41) is 8.48. The van der Waals surface area contributed by atoms with Crippen molar-refractivity contribution in [3.8, 4) is 6.07 Å². The smallest absolute Gasteiger partial charge is 0.292 e. The van der Waals surface area contributed by atoms with Crippen LogP contribution in [-0.2, 0) is 6.42 Å². The van der Waals surface area contributed by atoms with Crippen molar-refractivity contribution in [3.63, 3.8) is 0 Å². The summed E-state index contributed by atoms with van der Waals surface area (Å²) in [5.41, 5.74) is 7.63. The molecule has 0 amide bonds. The minimum absolute atomic E-state index is 0.157. The van der Waals surface area contributed by atoms with Crippen molar-refractivity contribution < 1.29 is 4.42 Å². The highest BCUT2D eigenvalue weighted by Gasteiger charge is 2.02. The van der Waals surface area contributed by atoms with E-state index in [1.807, 2.05) is 6.07 Å². The number of anilines is 1. The Hall–Kier alpha value is -2.02. The normalized spacial score (nSPS) is 10.1. The van der Waals surface area contributed by atoms with E-state index in [2.05, 4.69) is 11.1 Å². The molecule has 2 rings (SSSR count). The van der Waals surface area contributed by atoms with E-state index in [1.54, 1.807) is 12.1 Å². The molecule has 2 N–H and O–H groups in total.